The van der Waals surface area contributed by atoms with E-state index in [1.54, 1.807) is 24.5 Å². The highest BCUT2D eigenvalue weighted by atomic mass is 35.5. The Kier molecular flexibility index (Phi) is 7.57. The molecule has 4 N–H and O–H groups in total. The molecule has 2 amide bonds. The molecule has 2 aromatic heterocycles. The molecule has 0 unspecified atom stereocenters. The molecule has 0 saturated heterocycles. The van der Waals surface area contributed by atoms with E-state index in [1.165, 1.54) is 16.8 Å². The predicted molar refractivity (Wildman–Crippen MR) is 122 cm³/mol. The van der Waals surface area contributed by atoms with Crippen LogP contribution in [0.25, 0.3) is 0 Å². The summed E-state index contributed by atoms with van der Waals surface area (Å²) >= 11 is 7.27. The average molecular weight is 477 g/mol. The van der Waals surface area contributed by atoms with Crippen molar-refractivity contribution >= 4 is 51.4 Å². The van der Waals surface area contributed by atoms with Crippen LogP contribution in [-0.4, -0.2) is 31.6 Å². The minimum atomic E-state index is -0.518. The van der Waals surface area contributed by atoms with Crippen LogP contribution in [0.3, 0.4) is 0 Å². The molecule has 0 atom stereocenters. The normalized spacial score (nSPS) is 10.6. The van der Waals surface area contributed by atoms with Crippen molar-refractivity contribution in [1.82, 2.24) is 20.0 Å². The summed E-state index contributed by atoms with van der Waals surface area (Å²) in [5.41, 5.74) is 2.63. The van der Waals surface area contributed by atoms with Gasteiger partial charge in [0.05, 0.1) is 16.9 Å². The smallest absolute Gasteiger partial charge is 0.267 e. The third-order valence-corrected chi connectivity index (χ3v) is 5.76. The van der Waals surface area contributed by atoms with Crippen molar-refractivity contribution in [2.75, 3.05) is 10.6 Å². The number of hydrogen-bond donors (Lipinski definition) is 4. The Labute approximate surface area is 192 Å². The molecule has 0 radical (unpaired) electrons. The summed E-state index contributed by atoms with van der Waals surface area (Å²) in [6.45, 7) is 3.80. The van der Waals surface area contributed by atoms with E-state index in [1.807, 2.05) is 13.0 Å². The van der Waals surface area contributed by atoms with Crippen molar-refractivity contribution in [3.05, 3.63) is 62.1 Å². The lowest BCUT2D eigenvalue weighted by Gasteiger charge is -2.10. The summed E-state index contributed by atoms with van der Waals surface area (Å²) in [6.07, 6.45) is 1.88. The molecule has 0 aliphatic carbocycles. The van der Waals surface area contributed by atoms with Gasteiger partial charge in [-0.15, -0.1) is 0 Å². The van der Waals surface area contributed by atoms with Gasteiger partial charge in [-0.05, 0) is 31.9 Å². The van der Waals surface area contributed by atoms with Crippen molar-refractivity contribution in [3.8, 4) is 0 Å². The number of thiazole rings is 1. The van der Waals surface area contributed by atoms with Crippen molar-refractivity contribution in [2.24, 2.45) is 0 Å². The molecule has 0 aliphatic rings. The molecule has 0 fully saturated rings. The Morgan fingerprint density at radius 3 is 2.75 bits per heavy atom. The summed E-state index contributed by atoms with van der Waals surface area (Å²) in [6, 6.07) is 6.66. The first-order valence-corrected chi connectivity index (χ1v) is 10.8. The van der Waals surface area contributed by atoms with Crippen molar-refractivity contribution in [3.63, 3.8) is 0 Å². The number of carbonyl (C=O) groups is 2. The highest BCUT2D eigenvalue weighted by Crippen LogP contribution is 2.27. The summed E-state index contributed by atoms with van der Waals surface area (Å²) in [7, 11) is 0. The maximum atomic E-state index is 12.6. The molecule has 2 heterocycles. The number of hydroxylamine groups is 1. The number of halogens is 1. The maximum absolute atomic E-state index is 12.6. The molecule has 0 saturated carbocycles. The van der Waals surface area contributed by atoms with Crippen molar-refractivity contribution in [2.45, 2.75) is 33.2 Å². The van der Waals surface area contributed by atoms with Crippen LogP contribution in [0.2, 0.25) is 5.02 Å². The standard InChI is InChI=1S/C20H21ClN6O4S/c1-11-5-3-6-13(21)18(11)25-19(30)14-10-22-20(32-14)24-15-9-17(29)27(12(2)23-15)8-4-7-16(28)26-31/h3,5-6,9-10,31H,4,7-8H2,1-2H3,(H,22,24)(H,25,30)(H,26,28). The number of aromatic nitrogens is 3. The second-order valence-electron chi connectivity index (χ2n) is 6.86. The van der Waals surface area contributed by atoms with Crippen LogP contribution in [0.5, 0.6) is 0 Å². The Bertz CT molecular complexity index is 1190. The zero-order valence-corrected chi connectivity index (χ0v) is 18.9. The largest absolute Gasteiger partial charge is 0.320 e. The first-order valence-electron chi connectivity index (χ1n) is 9.59. The molecular formula is C20H21ClN6O4S. The number of rotatable bonds is 8. The molecule has 12 heteroatoms. The van der Waals surface area contributed by atoms with Gasteiger partial charge in [0, 0.05) is 19.0 Å². The van der Waals surface area contributed by atoms with Gasteiger partial charge in [-0.1, -0.05) is 35.1 Å². The summed E-state index contributed by atoms with van der Waals surface area (Å²) in [5, 5.41) is 15.1. The van der Waals surface area contributed by atoms with Crippen molar-refractivity contribution in [1.29, 1.82) is 0 Å². The van der Waals surface area contributed by atoms with Crippen LogP contribution < -0.4 is 21.7 Å². The van der Waals surface area contributed by atoms with Gasteiger partial charge in [-0.2, -0.15) is 0 Å². The van der Waals surface area contributed by atoms with E-state index in [0.717, 1.165) is 16.9 Å². The summed E-state index contributed by atoms with van der Waals surface area (Å²) in [4.78, 5) is 45.0. The van der Waals surface area contributed by atoms with E-state index < -0.39 is 5.91 Å². The first kappa shape index (κ1) is 23.4. The highest BCUT2D eigenvalue weighted by Gasteiger charge is 2.15. The lowest BCUT2D eigenvalue weighted by atomic mass is 10.2. The van der Waals surface area contributed by atoms with Crippen LogP contribution in [-0.2, 0) is 11.3 Å². The Morgan fingerprint density at radius 1 is 1.28 bits per heavy atom. The van der Waals surface area contributed by atoms with E-state index >= 15 is 0 Å². The second kappa shape index (κ2) is 10.4. The van der Waals surface area contributed by atoms with E-state index in [-0.39, 0.29) is 24.4 Å². The number of nitrogens with zero attached hydrogens (tertiary/aromatic N) is 3. The van der Waals surface area contributed by atoms with Gasteiger partial charge in [0.15, 0.2) is 5.13 Å². The number of anilines is 3. The first-order chi connectivity index (χ1) is 15.3. The molecule has 0 spiro atoms. The van der Waals surface area contributed by atoms with Crippen LogP contribution in [0.1, 0.15) is 33.9 Å². The maximum Gasteiger partial charge on any atom is 0.267 e. The van der Waals surface area contributed by atoms with Gasteiger partial charge >= 0.3 is 0 Å². The number of nitrogens with one attached hydrogen (secondary N) is 3. The molecule has 3 rings (SSSR count). The predicted octanol–water partition coefficient (Wildman–Crippen LogP) is 3.25. The number of amides is 2. The molecule has 0 aliphatic heterocycles. The number of carbonyl (C=O) groups excluding carboxylic acids is 2. The van der Waals surface area contributed by atoms with Crippen molar-refractivity contribution < 1.29 is 14.8 Å². The van der Waals surface area contributed by atoms with Gasteiger partial charge in [-0.3, -0.25) is 24.2 Å². The van der Waals surface area contributed by atoms with Crippen LogP contribution in [0.15, 0.2) is 35.3 Å². The third kappa shape index (κ3) is 5.69. The van der Waals surface area contributed by atoms with Gasteiger partial charge in [0.2, 0.25) is 5.91 Å². The summed E-state index contributed by atoms with van der Waals surface area (Å²) < 4.78 is 1.43. The quantitative estimate of drug-likeness (QED) is 0.289. The van der Waals surface area contributed by atoms with Gasteiger partial charge < -0.3 is 10.6 Å². The number of para-hydroxylation sites is 1. The molecule has 32 heavy (non-hydrogen) atoms. The summed E-state index contributed by atoms with van der Waals surface area (Å²) in [5.74, 6) is -0.123. The number of aryl methyl sites for hydroxylation is 2. The Morgan fingerprint density at radius 2 is 2.06 bits per heavy atom. The van der Waals surface area contributed by atoms with Crippen LogP contribution >= 0.6 is 22.9 Å². The molecule has 10 nitrogen and oxygen atoms in total. The second-order valence-corrected chi connectivity index (χ2v) is 8.30. The minimum Gasteiger partial charge on any atom is -0.320 e. The zero-order valence-electron chi connectivity index (χ0n) is 17.3. The Balaban J connectivity index is 1.68. The fourth-order valence-corrected chi connectivity index (χ4v) is 3.91. The topological polar surface area (TPSA) is 138 Å². The molecule has 3 aromatic rings. The van der Waals surface area contributed by atoms with Crippen LogP contribution in [0, 0.1) is 13.8 Å². The van der Waals surface area contributed by atoms with E-state index in [4.69, 9.17) is 16.8 Å². The number of hydrogen-bond acceptors (Lipinski definition) is 8. The molecular weight excluding hydrogens is 456 g/mol. The van der Waals surface area contributed by atoms with E-state index in [9.17, 15) is 14.4 Å². The van der Waals surface area contributed by atoms with Gasteiger partial charge in [-0.25, -0.2) is 15.4 Å². The lowest BCUT2D eigenvalue weighted by molar-refractivity contribution is -0.129. The van der Waals surface area contributed by atoms with Gasteiger partial charge in [0.25, 0.3) is 11.5 Å². The molecule has 1 aromatic carbocycles. The molecule has 168 valence electrons. The fourth-order valence-electron chi connectivity index (χ4n) is 2.92. The Hall–Kier alpha value is -3.28. The number of benzene rings is 1. The zero-order chi connectivity index (χ0) is 23.3. The third-order valence-electron chi connectivity index (χ3n) is 4.53. The highest BCUT2D eigenvalue weighted by molar-refractivity contribution is 7.17. The fraction of sp³-hybridized carbons (Fsp3) is 0.250. The van der Waals surface area contributed by atoms with E-state index in [0.29, 0.717) is 38.8 Å². The SMILES string of the molecule is Cc1cccc(Cl)c1NC(=O)c1cnc(Nc2cc(=O)n(CCCC(=O)NO)c(C)n2)s1. The van der Waals surface area contributed by atoms with Gasteiger partial charge in [0.1, 0.15) is 16.5 Å². The average Bonchev–Trinajstić information content (AvgIpc) is 3.21. The van der Waals surface area contributed by atoms with Crippen LogP contribution in [0.4, 0.5) is 16.6 Å². The molecule has 0 bridgehead atoms. The minimum absolute atomic E-state index is 0.0834. The van der Waals surface area contributed by atoms with E-state index in [2.05, 4.69) is 20.6 Å². The monoisotopic (exact) mass is 476 g/mol. The lowest BCUT2D eigenvalue weighted by Crippen LogP contribution is -2.25.